The summed E-state index contributed by atoms with van der Waals surface area (Å²) in [5.74, 6) is 1.61. The van der Waals surface area contributed by atoms with Crippen molar-refractivity contribution in [1.29, 1.82) is 0 Å². The van der Waals surface area contributed by atoms with Crippen LogP contribution in [0.4, 0.5) is 0 Å². The summed E-state index contributed by atoms with van der Waals surface area (Å²) in [6, 6.07) is 16.9. The summed E-state index contributed by atoms with van der Waals surface area (Å²) in [7, 11) is -0.620. The Balaban J connectivity index is 1.81. The van der Waals surface area contributed by atoms with Gasteiger partial charge in [-0.3, -0.25) is 9.19 Å². The molecule has 1 N–H and O–H groups in total. The molecule has 0 spiro atoms. The Morgan fingerprint density at radius 3 is 2.43 bits per heavy atom. The van der Waals surface area contributed by atoms with Crippen molar-refractivity contribution in [2.24, 2.45) is 0 Å². The van der Waals surface area contributed by atoms with Gasteiger partial charge in [0.05, 0.1) is 11.7 Å². The molecule has 2 aromatic rings. The molecule has 1 aliphatic rings. The van der Waals surface area contributed by atoms with Gasteiger partial charge in [0.15, 0.2) is 0 Å². The predicted octanol–water partition coefficient (Wildman–Crippen LogP) is 2.67. The number of nitrogens with one attached hydrogen (secondary N) is 1. The van der Waals surface area contributed by atoms with E-state index in [1.54, 1.807) is 0 Å². The summed E-state index contributed by atoms with van der Waals surface area (Å²) in [5.41, 5.74) is 2.26. The molecule has 1 aliphatic heterocycles. The molecule has 1 saturated heterocycles. The van der Waals surface area contributed by atoms with Gasteiger partial charge in [-0.25, -0.2) is 0 Å². The highest BCUT2D eigenvalue weighted by Gasteiger charge is 2.23. The Bertz CT molecular complexity index is 539. The van der Waals surface area contributed by atoms with Crippen LogP contribution < -0.4 is 5.32 Å². The fraction of sp³-hybridized carbons (Fsp3) is 0.353. The van der Waals surface area contributed by atoms with Gasteiger partial charge >= 0.3 is 0 Å². The van der Waals surface area contributed by atoms with Crippen molar-refractivity contribution in [2.45, 2.75) is 24.9 Å². The van der Waals surface area contributed by atoms with Crippen molar-refractivity contribution in [3.05, 3.63) is 66.0 Å². The van der Waals surface area contributed by atoms with Crippen molar-refractivity contribution in [1.82, 2.24) is 10.3 Å². The van der Waals surface area contributed by atoms with Crippen LogP contribution in [0.15, 0.2) is 54.7 Å². The lowest BCUT2D eigenvalue weighted by Crippen LogP contribution is -2.38. The summed E-state index contributed by atoms with van der Waals surface area (Å²) in [6.45, 7) is 0. The molecule has 1 aromatic carbocycles. The van der Waals surface area contributed by atoms with Crippen LogP contribution in [0.5, 0.6) is 0 Å². The fourth-order valence-corrected chi connectivity index (χ4v) is 4.04. The Labute approximate surface area is 128 Å². The first-order valence-electron chi connectivity index (χ1n) is 7.40. The number of benzene rings is 1. The van der Waals surface area contributed by atoms with Gasteiger partial charge < -0.3 is 5.32 Å². The van der Waals surface area contributed by atoms with Crippen molar-refractivity contribution < 1.29 is 4.21 Å². The molecule has 0 saturated carbocycles. The third-order valence-corrected chi connectivity index (χ3v) is 5.29. The Morgan fingerprint density at radius 2 is 1.76 bits per heavy atom. The molecule has 0 bridgehead atoms. The third kappa shape index (κ3) is 3.77. The molecule has 3 rings (SSSR count). The second-order valence-corrected chi connectivity index (χ2v) is 7.08. The monoisotopic (exact) mass is 300 g/mol. The Morgan fingerprint density at radius 1 is 1.05 bits per heavy atom. The molecule has 4 heteroatoms. The molecule has 1 fully saturated rings. The molecule has 0 aliphatic carbocycles. The van der Waals surface area contributed by atoms with E-state index < -0.39 is 10.8 Å². The lowest BCUT2D eigenvalue weighted by Gasteiger charge is -2.28. The van der Waals surface area contributed by atoms with Crippen LogP contribution in [0.2, 0.25) is 0 Å². The maximum absolute atomic E-state index is 11.5. The first-order chi connectivity index (χ1) is 10.3. The molecule has 21 heavy (non-hydrogen) atoms. The SMILES string of the molecule is O=S1CCC(NC(c2ccccc2)c2ccccn2)CC1. The first kappa shape index (κ1) is 14.4. The standard InChI is InChI=1S/C17H20N2OS/c20-21-12-9-15(10-13-21)19-17(14-6-2-1-3-7-14)16-8-4-5-11-18-16/h1-8,11,15,17,19H,9-10,12-13H2. The molecule has 1 unspecified atom stereocenters. The fourth-order valence-electron chi connectivity index (χ4n) is 2.74. The summed E-state index contributed by atoms with van der Waals surface area (Å²) < 4.78 is 11.5. The van der Waals surface area contributed by atoms with Crippen molar-refractivity contribution in [3.63, 3.8) is 0 Å². The summed E-state index contributed by atoms with van der Waals surface area (Å²) in [4.78, 5) is 4.51. The van der Waals surface area contributed by atoms with Crippen LogP contribution in [0.3, 0.4) is 0 Å². The zero-order valence-electron chi connectivity index (χ0n) is 11.9. The van der Waals surface area contributed by atoms with E-state index in [4.69, 9.17) is 0 Å². The molecular formula is C17H20N2OS. The first-order valence-corrected chi connectivity index (χ1v) is 8.88. The maximum atomic E-state index is 11.5. The number of nitrogens with zero attached hydrogens (tertiary/aromatic N) is 1. The zero-order chi connectivity index (χ0) is 14.5. The minimum absolute atomic E-state index is 0.101. The number of hydrogen-bond donors (Lipinski definition) is 1. The molecule has 1 aromatic heterocycles. The van der Waals surface area contributed by atoms with Gasteiger partial charge in [0.2, 0.25) is 0 Å². The maximum Gasteiger partial charge on any atom is 0.0753 e. The molecule has 0 radical (unpaired) electrons. The van der Waals surface area contributed by atoms with Gasteiger partial charge in [0.25, 0.3) is 0 Å². The number of pyridine rings is 1. The van der Waals surface area contributed by atoms with E-state index in [2.05, 4.69) is 40.6 Å². The summed E-state index contributed by atoms with van der Waals surface area (Å²) in [5, 5.41) is 3.71. The third-order valence-electron chi connectivity index (χ3n) is 3.91. The van der Waals surface area contributed by atoms with E-state index in [0.717, 1.165) is 30.0 Å². The second-order valence-electron chi connectivity index (χ2n) is 5.39. The van der Waals surface area contributed by atoms with Crippen molar-refractivity contribution in [3.8, 4) is 0 Å². The molecule has 3 nitrogen and oxygen atoms in total. The number of hydrogen-bond acceptors (Lipinski definition) is 3. The van der Waals surface area contributed by atoms with Gasteiger partial charge in [-0.15, -0.1) is 0 Å². The van der Waals surface area contributed by atoms with E-state index in [9.17, 15) is 4.21 Å². The largest absolute Gasteiger partial charge is 0.302 e. The van der Waals surface area contributed by atoms with Crippen LogP contribution in [0, 0.1) is 0 Å². The number of aromatic nitrogens is 1. The molecule has 110 valence electrons. The zero-order valence-corrected chi connectivity index (χ0v) is 12.8. The Hall–Kier alpha value is -1.52. The van der Waals surface area contributed by atoms with E-state index in [1.807, 2.05) is 24.4 Å². The minimum Gasteiger partial charge on any atom is -0.302 e. The molecule has 0 amide bonds. The van der Waals surface area contributed by atoms with Gasteiger partial charge in [-0.05, 0) is 30.5 Å². The minimum atomic E-state index is -0.620. The normalized spacial score (nSPS) is 23.6. The lowest BCUT2D eigenvalue weighted by molar-refractivity contribution is 0.436. The van der Waals surface area contributed by atoms with Gasteiger partial charge in [0, 0.05) is 34.5 Å². The topological polar surface area (TPSA) is 42.0 Å². The van der Waals surface area contributed by atoms with Gasteiger partial charge in [0.1, 0.15) is 0 Å². The van der Waals surface area contributed by atoms with E-state index >= 15 is 0 Å². The predicted molar refractivity (Wildman–Crippen MR) is 86.6 cm³/mol. The molecule has 1 atom stereocenters. The number of rotatable bonds is 4. The van der Waals surface area contributed by atoms with Crippen molar-refractivity contribution >= 4 is 10.8 Å². The van der Waals surface area contributed by atoms with Crippen LogP contribution >= 0.6 is 0 Å². The van der Waals surface area contributed by atoms with E-state index in [1.165, 1.54) is 5.56 Å². The molecular weight excluding hydrogens is 280 g/mol. The lowest BCUT2D eigenvalue weighted by atomic mass is 10.0. The highest BCUT2D eigenvalue weighted by molar-refractivity contribution is 7.85. The van der Waals surface area contributed by atoms with E-state index in [0.29, 0.717) is 6.04 Å². The molecule has 2 heterocycles. The second kappa shape index (κ2) is 6.96. The quantitative estimate of drug-likeness (QED) is 0.944. The summed E-state index contributed by atoms with van der Waals surface area (Å²) >= 11 is 0. The average Bonchev–Trinajstić information content (AvgIpc) is 2.56. The van der Waals surface area contributed by atoms with Crippen LogP contribution in [0.25, 0.3) is 0 Å². The van der Waals surface area contributed by atoms with Crippen LogP contribution in [-0.4, -0.2) is 26.7 Å². The highest BCUT2D eigenvalue weighted by atomic mass is 32.2. The van der Waals surface area contributed by atoms with Crippen LogP contribution in [-0.2, 0) is 10.8 Å². The van der Waals surface area contributed by atoms with Crippen LogP contribution in [0.1, 0.15) is 30.1 Å². The summed E-state index contributed by atoms with van der Waals surface area (Å²) in [6.07, 6.45) is 3.79. The van der Waals surface area contributed by atoms with Gasteiger partial charge in [-0.2, -0.15) is 0 Å². The Kier molecular flexibility index (Phi) is 4.78. The average molecular weight is 300 g/mol. The van der Waals surface area contributed by atoms with E-state index in [-0.39, 0.29) is 6.04 Å². The van der Waals surface area contributed by atoms with Crippen molar-refractivity contribution in [2.75, 3.05) is 11.5 Å². The highest BCUT2D eigenvalue weighted by Crippen LogP contribution is 2.23. The van der Waals surface area contributed by atoms with Gasteiger partial charge in [-0.1, -0.05) is 36.4 Å². The smallest absolute Gasteiger partial charge is 0.0753 e.